The second-order valence-corrected chi connectivity index (χ2v) is 3.40. The second-order valence-electron chi connectivity index (χ2n) is 3.40. The van der Waals surface area contributed by atoms with E-state index in [1.54, 1.807) is 12.1 Å². The number of rotatable bonds is 3. The number of hydrogen-bond donors (Lipinski definition) is 2. The number of hydrazine groups is 1. The third-order valence-corrected chi connectivity index (χ3v) is 2.03. The van der Waals surface area contributed by atoms with Crippen molar-refractivity contribution >= 4 is 0 Å². The lowest BCUT2D eigenvalue weighted by Gasteiger charge is -2.16. The van der Waals surface area contributed by atoms with Crippen LogP contribution >= 0.6 is 0 Å². The Labute approximate surface area is 82.1 Å². The van der Waals surface area contributed by atoms with Crippen LogP contribution < -0.4 is 11.3 Å². The van der Waals surface area contributed by atoms with Gasteiger partial charge in [0.2, 0.25) is 0 Å². The average Bonchev–Trinajstić information content (AvgIpc) is 2.02. The van der Waals surface area contributed by atoms with Gasteiger partial charge in [0.05, 0.1) is 0 Å². The second kappa shape index (κ2) is 4.48. The molecule has 0 saturated carbocycles. The molecule has 14 heavy (non-hydrogen) atoms. The minimum absolute atomic E-state index is 0.528. The van der Waals surface area contributed by atoms with Crippen LogP contribution in [0.15, 0.2) is 18.2 Å². The first-order valence-electron chi connectivity index (χ1n) is 4.37. The summed E-state index contributed by atoms with van der Waals surface area (Å²) in [5.74, 6) is 5.08. The summed E-state index contributed by atoms with van der Waals surface area (Å²) >= 11 is 0. The maximum absolute atomic E-state index is 12.5. The van der Waals surface area contributed by atoms with Gasteiger partial charge in [-0.15, -0.1) is 0 Å². The van der Waals surface area contributed by atoms with E-state index in [1.165, 1.54) is 0 Å². The summed E-state index contributed by atoms with van der Waals surface area (Å²) in [6.07, 6.45) is -2.50. The molecule has 0 aromatic heterocycles. The number of nitrogens with two attached hydrogens (primary N) is 1. The van der Waals surface area contributed by atoms with E-state index in [0.717, 1.165) is 11.1 Å². The zero-order chi connectivity index (χ0) is 10.7. The minimum Gasteiger partial charge on any atom is -0.271 e. The van der Waals surface area contributed by atoms with Crippen molar-refractivity contribution in [2.75, 3.05) is 0 Å². The van der Waals surface area contributed by atoms with Gasteiger partial charge in [-0.1, -0.05) is 29.3 Å². The van der Waals surface area contributed by atoms with Gasteiger partial charge in [-0.05, 0) is 19.4 Å². The molecule has 0 spiro atoms. The van der Waals surface area contributed by atoms with Gasteiger partial charge in [-0.3, -0.25) is 5.84 Å². The average molecular weight is 200 g/mol. The van der Waals surface area contributed by atoms with Gasteiger partial charge in [0.1, 0.15) is 6.04 Å². The van der Waals surface area contributed by atoms with Gasteiger partial charge in [0.25, 0.3) is 6.43 Å². The fraction of sp³-hybridized carbons (Fsp3) is 0.400. The molecule has 2 nitrogen and oxygen atoms in total. The lowest BCUT2D eigenvalue weighted by Crippen LogP contribution is -2.33. The fourth-order valence-corrected chi connectivity index (χ4v) is 1.50. The van der Waals surface area contributed by atoms with Crippen LogP contribution in [0.5, 0.6) is 0 Å². The van der Waals surface area contributed by atoms with Gasteiger partial charge in [-0.2, -0.15) is 0 Å². The first-order chi connectivity index (χ1) is 6.54. The molecule has 0 bridgehead atoms. The largest absolute Gasteiger partial charge is 0.271 e. The SMILES string of the molecule is Cc1cc(C)cc(C(NN)C(F)F)c1. The standard InChI is InChI=1S/C10H14F2N2/c1-6-3-7(2)5-8(4-6)9(14-13)10(11)12/h3-5,9-10,14H,13H2,1-2H3. The van der Waals surface area contributed by atoms with Gasteiger partial charge in [0, 0.05) is 0 Å². The molecule has 0 saturated heterocycles. The quantitative estimate of drug-likeness (QED) is 0.579. The van der Waals surface area contributed by atoms with E-state index in [-0.39, 0.29) is 0 Å². The Hall–Kier alpha value is -1.00. The molecule has 1 unspecified atom stereocenters. The van der Waals surface area contributed by atoms with E-state index in [0.29, 0.717) is 5.56 Å². The minimum atomic E-state index is -2.50. The predicted molar refractivity (Wildman–Crippen MR) is 52.0 cm³/mol. The maximum Gasteiger partial charge on any atom is 0.259 e. The van der Waals surface area contributed by atoms with Crippen molar-refractivity contribution in [1.82, 2.24) is 5.43 Å². The summed E-state index contributed by atoms with van der Waals surface area (Å²) in [6.45, 7) is 3.74. The third-order valence-electron chi connectivity index (χ3n) is 2.03. The Balaban J connectivity index is 3.04. The summed E-state index contributed by atoms with van der Waals surface area (Å²) in [5.41, 5.74) is 4.57. The molecule has 0 aliphatic carbocycles. The molecule has 78 valence electrons. The number of hydrogen-bond acceptors (Lipinski definition) is 2. The van der Waals surface area contributed by atoms with E-state index >= 15 is 0 Å². The van der Waals surface area contributed by atoms with Crippen LogP contribution in [0.25, 0.3) is 0 Å². The summed E-state index contributed by atoms with van der Waals surface area (Å²) in [4.78, 5) is 0. The van der Waals surface area contributed by atoms with Crippen molar-refractivity contribution in [2.45, 2.75) is 26.3 Å². The molecule has 0 radical (unpaired) electrons. The van der Waals surface area contributed by atoms with E-state index in [4.69, 9.17) is 5.84 Å². The van der Waals surface area contributed by atoms with Crippen molar-refractivity contribution in [1.29, 1.82) is 0 Å². The van der Waals surface area contributed by atoms with Crippen LogP contribution in [0.2, 0.25) is 0 Å². The Bertz CT molecular complexity index is 293. The lowest BCUT2D eigenvalue weighted by atomic mass is 10.0. The van der Waals surface area contributed by atoms with Crippen LogP contribution in [-0.4, -0.2) is 6.43 Å². The summed E-state index contributed by atoms with van der Waals surface area (Å²) in [7, 11) is 0. The highest BCUT2D eigenvalue weighted by Gasteiger charge is 2.20. The highest BCUT2D eigenvalue weighted by Crippen LogP contribution is 2.21. The first kappa shape index (κ1) is 11.1. The first-order valence-corrected chi connectivity index (χ1v) is 4.37. The molecule has 0 amide bonds. The zero-order valence-corrected chi connectivity index (χ0v) is 8.22. The fourth-order valence-electron chi connectivity index (χ4n) is 1.50. The molecule has 1 aromatic carbocycles. The molecular formula is C10H14F2N2. The van der Waals surface area contributed by atoms with Crippen molar-refractivity contribution < 1.29 is 8.78 Å². The number of benzene rings is 1. The van der Waals surface area contributed by atoms with Crippen LogP contribution in [0.1, 0.15) is 22.7 Å². The van der Waals surface area contributed by atoms with Crippen LogP contribution in [-0.2, 0) is 0 Å². The molecule has 0 aliphatic rings. The zero-order valence-electron chi connectivity index (χ0n) is 8.22. The highest BCUT2D eigenvalue weighted by molar-refractivity contribution is 5.30. The molecule has 0 aliphatic heterocycles. The molecule has 4 heteroatoms. The van der Waals surface area contributed by atoms with Crippen LogP contribution in [0, 0.1) is 13.8 Å². The molecule has 0 heterocycles. The van der Waals surface area contributed by atoms with E-state index in [2.05, 4.69) is 5.43 Å². The number of nitrogens with one attached hydrogen (secondary N) is 1. The van der Waals surface area contributed by atoms with E-state index < -0.39 is 12.5 Å². The van der Waals surface area contributed by atoms with Crippen molar-refractivity contribution in [2.24, 2.45) is 5.84 Å². The smallest absolute Gasteiger partial charge is 0.259 e. The van der Waals surface area contributed by atoms with E-state index in [9.17, 15) is 8.78 Å². The summed E-state index contributed by atoms with van der Waals surface area (Å²) in [5, 5.41) is 0. The number of alkyl halides is 2. The number of halogens is 2. The highest BCUT2D eigenvalue weighted by atomic mass is 19.3. The maximum atomic E-state index is 12.5. The van der Waals surface area contributed by atoms with Crippen molar-refractivity contribution in [3.63, 3.8) is 0 Å². The Morgan fingerprint density at radius 3 is 2.00 bits per heavy atom. The molecule has 3 N–H and O–H groups in total. The molecule has 1 aromatic rings. The van der Waals surface area contributed by atoms with Gasteiger partial charge in [0.15, 0.2) is 0 Å². The topological polar surface area (TPSA) is 38.0 Å². The summed E-state index contributed by atoms with van der Waals surface area (Å²) < 4.78 is 25.0. The van der Waals surface area contributed by atoms with Crippen molar-refractivity contribution in [3.05, 3.63) is 34.9 Å². The van der Waals surface area contributed by atoms with Gasteiger partial charge < -0.3 is 0 Å². The predicted octanol–water partition coefficient (Wildman–Crippen LogP) is 2.07. The Morgan fingerprint density at radius 1 is 1.14 bits per heavy atom. The molecule has 0 fully saturated rings. The Morgan fingerprint density at radius 2 is 1.64 bits per heavy atom. The normalized spacial score (nSPS) is 13.3. The van der Waals surface area contributed by atoms with Crippen molar-refractivity contribution in [3.8, 4) is 0 Å². The lowest BCUT2D eigenvalue weighted by molar-refractivity contribution is 0.0986. The number of aryl methyl sites for hydroxylation is 2. The molecule has 1 atom stereocenters. The monoisotopic (exact) mass is 200 g/mol. The van der Waals surface area contributed by atoms with Crippen LogP contribution in [0.4, 0.5) is 8.78 Å². The van der Waals surface area contributed by atoms with Crippen LogP contribution in [0.3, 0.4) is 0 Å². The molecule has 1 rings (SSSR count). The summed E-state index contributed by atoms with van der Waals surface area (Å²) in [6, 6.07) is 4.27. The van der Waals surface area contributed by atoms with Gasteiger partial charge >= 0.3 is 0 Å². The van der Waals surface area contributed by atoms with E-state index in [1.807, 2.05) is 19.9 Å². The van der Waals surface area contributed by atoms with Gasteiger partial charge in [-0.25, -0.2) is 14.2 Å². The Kier molecular flexibility index (Phi) is 3.55. The third kappa shape index (κ3) is 2.49. The molecular weight excluding hydrogens is 186 g/mol.